The Kier molecular flexibility index (Phi) is 13.8. The molecule has 1 heterocycles. The van der Waals surface area contributed by atoms with E-state index in [0.717, 1.165) is 58.0 Å². The molecule has 140 valence electrons. The first-order valence-electron chi connectivity index (χ1n) is 8.07. The van der Waals surface area contributed by atoms with E-state index in [2.05, 4.69) is 37.7 Å². The topological polar surface area (TPSA) is 87.8 Å². The Bertz CT molecular complexity index is 455. The van der Waals surface area contributed by atoms with Crippen molar-refractivity contribution >= 4 is 29.9 Å². The van der Waals surface area contributed by atoms with Crippen LogP contribution in [0.2, 0.25) is 0 Å². The van der Waals surface area contributed by atoms with Crippen LogP contribution in [0, 0.1) is 6.92 Å². The van der Waals surface area contributed by atoms with Crippen molar-refractivity contribution in [3.8, 4) is 0 Å². The zero-order valence-corrected chi connectivity index (χ0v) is 17.5. The van der Waals surface area contributed by atoms with Crippen molar-refractivity contribution in [1.82, 2.24) is 25.7 Å². The van der Waals surface area contributed by atoms with Gasteiger partial charge in [0.25, 0.3) is 0 Å². The van der Waals surface area contributed by atoms with Crippen LogP contribution < -0.4 is 10.6 Å². The van der Waals surface area contributed by atoms with E-state index in [1.165, 1.54) is 0 Å². The highest BCUT2D eigenvalue weighted by Gasteiger charge is 2.03. The summed E-state index contributed by atoms with van der Waals surface area (Å²) in [5.74, 6) is 2.18. The van der Waals surface area contributed by atoms with Gasteiger partial charge in [-0.3, -0.25) is 4.99 Å². The highest BCUT2D eigenvalue weighted by molar-refractivity contribution is 14.0. The standard InChI is InChI=1S/C15H30N6O2.HI/c1-13-19-14(23-20-13)7-5-8-17-15(16-2)18-9-11-21(3)10-6-12-22-4;/h5-12H2,1-4H3,(H2,16,17,18);1H. The molecule has 0 unspecified atom stereocenters. The number of ether oxygens (including phenoxy) is 1. The summed E-state index contributed by atoms with van der Waals surface area (Å²) >= 11 is 0. The van der Waals surface area contributed by atoms with E-state index >= 15 is 0 Å². The van der Waals surface area contributed by atoms with Gasteiger partial charge < -0.3 is 24.8 Å². The lowest BCUT2D eigenvalue weighted by atomic mass is 10.3. The zero-order chi connectivity index (χ0) is 16.9. The van der Waals surface area contributed by atoms with E-state index in [4.69, 9.17) is 9.26 Å². The minimum absolute atomic E-state index is 0. The number of guanidine groups is 1. The van der Waals surface area contributed by atoms with E-state index in [9.17, 15) is 0 Å². The molecule has 2 N–H and O–H groups in total. The van der Waals surface area contributed by atoms with E-state index in [-0.39, 0.29) is 24.0 Å². The van der Waals surface area contributed by atoms with Crippen molar-refractivity contribution < 1.29 is 9.26 Å². The molecule has 1 aromatic heterocycles. The number of rotatable bonds is 11. The summed E-state index contributed by atoms with van der Waals surface area (Å²) in [6.45, 7) is 6.29. The largest absolute Gasteiger partial charge is 0.385 e. The lowest BCUT2D eigenvalue weighted by Gasteiger charge is -2.18. The number of methoxy groups -OCH3 is 1. The molecule has 0 spiro atoms. The molecule has 0 atom stereocenters. The molecule has 0 aromatic carbocycles. The first-order valence-corrected chi connectivity index (χ1v) is 8.07. The normalized spacial score (nSPS) is 11.5. The predicted octanol–water partition coefficient (Wildman–Crippen LogP) is 1.06. The van der Waals surface area contributed by atoms with E-state index in [1.54, 1.807) is 14.2 Å². The van der Waals surface area contributed by atoms with Crippen LogP contribution in [0.5, 0.6) is 0 Å². The fourth-order valence-electron chi connectivity index (χ4n) is 2.06. The van der Waals surface area contributed by atoms with Gasteiger partial charge in [-0.25, -0.2) is 0 Å². The maximum Gasteiger partial charge on any atom is 0.226 e. The number of hydrogen-bond acceptors (Lipinski definition) is 6. The molecule has 0 aliphatic carbocycles. The maximum absolute atomic E-state index is 5.08. The Labute approximate surface area is 161 Å². The Morgan fingerprint density at radius 2 is 2.00 bits per heavy atom. The lowest BCUT2D eigenvalue weighted by Crippen LogP contribution is -2.41. The number of aryl methyl sites for hydroxylation is 2. The quantitative estimate of drug-likeness (QED) is 0.224. The van der Waals surface area contributed by atoms with Gasteiger partial charge in [0, 0.05) is 53.4 Å². The Balaban J connectivity index is 0.00000529. The molecule has 1 aromatic rings. The van der Waals surface area contributed by atoms with Crippen molar-refractivity contribution in [3.05, 3.63) is 11.7 Å². The van der Waals surface area contributed by atoms with Crippen LogP contribution in [-0.4, -0.2) is 75.0 Å². The molecule has 0 bridgehead atoms. The zero-order valence-electron chi connectivity index (χ0n) is 15.2. The van der Waals surface area contributed by atoms with Gasteiger partial charge in [-0.1, -0.05) is 5.16 Å². The highest BCUT2D eigenvalue weighted by atomic mass is 127. The average molecular weight is 454 g/mol. The van der Waals surface area contributed by atoms with Gasteiger partial charge in [0.15, 0.2) is 11.8 Å². The number of aliphatic imine (C=N–C) groups is 1. The summed E-state index contributed by atoms with van der Waals surface area (Å²) in [6, 6.07) is 0. The Morgan fingerprint density at radius 1 is 1.25 bits per heavy atom. The molecule has 0 saturated carbocycles. The van der Waals surface area contributed by atoms with E-state index in [0.29, 0.717) is 11.7 Å². The number of nitrogens with one attached hydrogen (secondary N) is 2. The second-order valence-electron chi connectivity index (χ2n) is 5.41. The first kappa shape index (κ1) is 23.1. The van der Waals surface area contributed by atoms with Crippen LogP contribution >= 0.6 is 24.0 Å². The van der Waals surface area contributed by atoms with Crippen molar-refractivity contribution in [1.29, 1.82) is 0 Å². The third-order valence-electron chi connectivity index (χ3n) is 3.33. The average Bonchev–Trinajstić information content (AvgIpc) is 2.95. The number of halogens is 1. The minimum Gasteiger partial charge on any atom is -0.385 e. The predicted molar refractivity (Wildman–Crippen MR) is 106 cm³/mol. The number of nitrogens with zero attached hydrogens (tertiary/aromatic N) is 4. The fraction of sp³-hybridized carbons (Fsp3) is 0.800. The third kappa shape index (κ3) is 10.8. The monoisotopic (exact) mass is 454 g/mol. The number of hydrogen-bond donors (Lipinski definition) is 2. The van der Waals surface area contributed by atoms with E-state index < -0.39 is 0 Å². The molecule has 0 fully saturated rings. The highest BCUT2D eigenvalue weighted by Crippen LogP contribution is 1.98. The van der Waals surface area contributed by atoms with Gasteiger partial charge >= 0.3 is 0 Å². The molecule has 8 nitrogen and oxygen atoms in total. The Hall–Kier alpha value is -0.940. The van der Waals surface area contributed by atoms with Gasteiger partial charge in [-0.2, -0.15) is 4.98 Å². The van der Waals surface area contributed by atoms with Crippen LogP contribution in [0.25, 0.3) is 0 Å². The van der Waals surface area contributed by atoms with Gasteiger partial charge in [0.05, 0.1) is 0 Å². The molecule has 1 rings (SSSR count). The minimum atomic E-state index is 0. The first-order chi connectivity index (χ1) is 11.2. The van der Waals surface area contributed by atoms with Crippen LogP contribution in [0.1, 0.15) is 24.6 Å². The SMILES string of the molecule is CN=C(NCCCc1nc(C)no1)NCCN(C)CCCOC.I. The summed E-state index contributed by atoms with van der Waals surface area (Å²) in [5, 5.41) is 10.4. The number of aromatic nitrogens is 2. The molecule has 0 radical (unpaired) electrons. The van der Waals surface area contributed by atoms with Crippen LogP contribution in [0.3, 0.4) is 0 Å². The summed E-state index contributed by atoms with van der Waals surface area (Å²) < 4.78 is 10.1. The maximum atomic E-state index is 5.08. The summed E-state index contributed by atoms with van der Waals surface area (Å²) in [7, 11) is 5.62. The lowest BCUT2D eigenvalue weighted by molar-refractivity contribution is 0.180. The smallest absolute Gasteiger partial charge is 0.226 e. The van der Waals surface area contributed by atoms with Crippen molar-refractivity contribution in [2.45, 2.75) is 26.2 Å². The van der Waals surface area contributed by atoms with Crippen LogP contribution in [0.15, 0.2) is 9.52 Å². The van der Waals surface area contributed by atoms with E-state index in [1.807, 2.05) is 6.92 Å². The van der Waals surface area contributed by atoms with Crippen molar-refractivity contribution in [2.75, 3.05) is 54.0 Å². The number of likely N-dealkylation sites (N-methyl/N-ethyl adjacent to an activating group) is 1. The molecule has 0 saturated heterocycles. The van der Waals surface area contributed by atoms with Gasteiger partial charge in [-0.05, 0) is 26.8 Å². The molecule has 0 amide bonds. The summed E-state index contributed by atoms with van der Waals surface area (Å²) in [5.41, 5.74) is 0. The molecule has 0 aliphatic heterocycles. The fourth-order valence-corrected chi connectivity index (χ4v) is 2.06. The van der Waals surface area contributed by atoms with Crippen LogP contribution in [-0.2, 0) is 11.2 Å². The third-order valence-corrected chi connectivity index (χ3v) is 3.33. The van der Waals surface area contributed by atoms with Gasteiger partial charge in [0.1, 0.15) is 0 Å². The van der Waals surface area contributed by atoms with Gasteiger partial charge in [-0.15, -0.1) is 24.0 Å². The molecule has 24 heavy (non-hydrogen) atoms. The van der Waals surface area contributed by atoms with Gasteiger partial charge in [0.2, 0.25) is 5.89 Å². The van der Waals surface area contributed by atoms with Crippen molar-refractivity contribution in [3.63, 3.8) is 0 Å². The molecular formula is C15H31IN6O2. The second-order valence-corrected chi connectivity index (χ2v) is 5.41. The summed E-state index contributed by atoms with van der Waals surface area (Å²) in [4.78, 5) is 10.7. The molecule has 0 aliphatic rings. The van der Waals surface area contributed by atoms with Crippen LogP contribution in [0.4, 0.5) is 0 Å². The summed E-state index contributed by atoms with van der Waals surface area (Å²) in [6.07, 6.45) is 2.74. The molecular weight excluding hydrogens is 423 g/mol. The second kappa shape index (κ2) is 14.4. The Morgan fingerprint density at radius 3 is 2.62 bits per heavy atom. The van der Waals surface area contributed by atoms with Crippen molar-refractivity contribution in [2.24, 2.45) is 4.99 Å². The molecule has 9 heteroatoms.